The van der Waals surface area contributed by atoms with Crippen LogP contribution in [0.5, 0.6) is 0 Å². The van der Waals surface area contributed by atoms with Crippen molar-refractivity contribution in [1.29, 1.82) is 0 Å². The van der Waals surface area contributed by atoms with Crippen molar-refractivity contribution >= 4 is 5.95 Å². The zero-order valence-electron chi connectivity index (χ0n) is 10.7. The van der Waals surface area contributed by atoms with Gasteiger partial charge >= 0.3 is 0 Å². The van der Waals surface area contributed by atoms with Crippen LogP contribution >= 0.6 is 0 Å². The number of morpholine rings is 1. The van der Waals surface area contributed by atoms with Gasteiger partial charge in [0.25, 0.3) is 0 Å². The molecule has 2 fully saturated rings. The van der Waals surface area contributed by atoms with Gasteiger partial charge in [0.2, 0.25) is 5.95 Å². The maximum atomic E-state index is 5.88. The smallest absolute Gasteiger partial charge is 0.223 e. The lowest BCUT2D eigenvalue weighted by Crippen LogP contribution is -2.43. The van der Waals surface area contributed by atoms with Crippen molar-refractivity contribution in [1.82, 2.24) is 19.9 Å². The molecule has 0 aliphatic carbocycles. The second-order valence-corrected chi connectivity index (χ2v) is 4.93. The van der Waals surface area contributed by atoms with Crippen molar-refractivity contribution in [3.63, 3.8) is 0 Å². The van der Waals surface area contributed by atoms with Crippen LogP contribution in [0.3, 0.4) is 0 Å². The summed E-state index contributed by atoms with van der Waals surface area (Å²) in [6.07, 6.45) is 3.21. The molecule has 2 unspecified atom stereocenters. The Hall–Kier alpha value is -1.27. The predicted molar refractivity (Wildman–Crippen MR) is 66.9 cm³/mol. The van der Waals surface area contributed by atoms with Crippen molar-refractivity contribution < 1.29 is 4.74 Å². The van der Waals surface area contributed by atoms with E-state index < -0.39 is 0 Å². The monoisotopic (exact) mass is 249 g/mol. The number of aromatic nitrogens is 3. The molecule has 6 heteroatoms. The zero-order valence-corrected chi connectivity index (χ0v) is 10.7. The first-order valence-electron chi connectivity index (χ1n) is 6.62. The minimum atomic E-state index is -0.0602. The highest BCUT2D eigenvalue weighted by atomic mass is 16.5. The lowest BCUT2D eigenvalue weighted by atomic mass is 10.2. The van der Waals surface area contributed by atoms with E-state index in [1.54, 1.807) is 0 Å². The normalized spacial score (nSPS) is 28.3. The van der Waals surface area contributed by atoms with Crippen LogP contribution < -0.4 is 5.73 Å². The number of fused-ring (bicyclic) bond motifs is 1. The Morgan fingerprint density at radius 1 is 1.39 bits per heavy atom. The van der Waals surface area contributed by atoms with E-state index in [9.17, 15) is 0 Å². The van der Waals surface area contributed by atoms with Crippen LogP contribution in [0.2, 0.25) is 0 Å². The number of rotatable bonds is 2. The average molecular weight is 249 g/mol. The van der Waals surface area contributed by atoms with Crippen molar-refractivity contribution in [3.05, 3.63) is 11.6 Å². The van der Waals surface area contributed by atoms with Gasteiger partial charge in [0, 0.05) is 19.0 Å². The number of nitrogens with two attached hydrogens (primary N) is 1. The summed E-state index contributed by atoms with van der Waals surface area (Å²) in [5.41, 5.74) is 5.72. The molecule has 0 bridgehead atoms. The predicted octanol–water partition coefficient (Wildman–Crippen LogP) is 0.552. The molecule has 0 spiro atoms. The topological polar surface area (TPSA) is 77.2 Å². The first-order valence-corrected chi connectivity index (χ1v) is 6.62. The van der Waals surface area contributed by atoms with E-state index in [1.807, 2.05) is 6.92 Å². The molecule has 2 aliphatic rings. The highest BCUT2D eigenvalue weighted by Gasteiger charge is 2.34. The summed E-state index contributed by atoms with van der Waals surface area (Å²) in [7, 11) is 0. The summed E-state index contributed by atoms with van der Waals surface area (Å²) in [6.45, 7) is 4.82. The minimum Gasteiger partial charge on any atom is -0.368 e. The molecule has 1 aromatic rings. The summed E-state index contributed by atoms with van der Waals surface area (Å²) in [5, 5.41) is 0. The molecule has 2 N–H and O–H groups in total. The van der Waals surface area contributed by atoms with Crippen LogP contribution in [0.1, 0.15) is 37.5 Å². The lowest BCUT2D eigenvalue weighted by molar-refractivity contribution is -0.0542. The Bertz CT molecular complexity index is 438. The molecule has 2 aliphatic heterocycles. The van der Waals surface area contributed by atoms with Crippen LogP contribution in [-0.2, 0) is 11.2 Å². The lowest BCUT2D eigenvalue weighted by Gasteiger charge is -2.34. The van der Waals surface area contributed by atoms with E-state index in [2.05, 4.69) is 19.9 Å². The number of nitrogens with zero attached hydrogens (tertiary/aromatic N) is 4. The quantitative estimate of drug-likeness (QED) is 0.825. The van der Waals surface area contributed by atoms with Gasteiger partial charge in [-0.05, 0) is 19.4 Å². The number of ether oxygens (including phenoxy) is 1. The molecule has 2 saturated heterocycles. The summed E-state index contributed by atoms with van der Waals surface area (Å²) in [5.74, 6) is 1.72. The van der Waals surface area contributed by atoms with Crippen LogP contribution in [0, 0.1) is 0 Å². The Morgan fingerprint density at radius 2 is 2.28 bits per heavy atom. The molecule has 3 heterocycles. The summed E-state index contributed by atoms with van der Waals surface area (Å²) in [4.78, 5) is 15.2. The third-order valence-electron chi connectivity index (χ3n) is 3.71. The minimum absolute atomic E-state index is 0.0602. The molecule has 98 valence electrons. The SMILES string of the molecule is CCc1nc(N)nc(C2CN3CCCC3CO2)n1. The Morgan fingerprint density at radius 3 is 3.11 bits per heavy atom. The fourth-order valence-corrected chi connectivity index (χ4v) is 2.73. The number of aryl methyl sites for hydroxylation is 1. The van der Waals surface area contributed by atoms with Crippen LogP contribution in [0.4, 0.5) is 5.95 Å². The zero-order chi connectivity index (χ0) is 12.5. The van der Waals surface area contributed by atoms with Gasteiger partial charge in [-0.25, -0.2) is 4.98 Å². The van der Waals surface area contributed by atoms with E-state index in [4.69, 9.17) is 10.5 Å². The highest BCUT2D eigenvalue weighted by molar-refractivity contribution is 5.17. The summed E-state index contributed by atoms with van der Waals surface area (Å²) < 4.78 is 5.88. The molecular formula is C12H19N5O. The summed E-state index contributed by atoms with van der Waals surface area (Å²) >= 11 is 0. The van der Waals surface area contributed by atoms with Gasteiger partial charge in [0.05, 0.1) is 6.61 Å². The Labute approximate surface area is 107 Å². The van der Waals surface area contributed by atoms with Gasteiger partial charge in [0.15, 0.2) is 5.82 Å². The van der Waals surface area contributed by atoms with Crippen molar-refractivity contribution in [2.24, 2.45) is 0 Å². The Kier molecular flexibility index (Phi) is 3.13. The fourth-order valence-electron chi connectivity index (χ4n) is 2.73. The van der Waals surface area contributed by atoms with Crippen molar-refractivity contribution in [2.45, 2.75) is 38.3 Å². The second kappa shape index (κ2) is 4.78. The molecule has 0 amide bonds. The molecule has 3 rings (SSSR count). The number of hydrogen-bond donors (Lipinski definition) is 1. The van der Waals surface area contributed by atoms with Gasteiger partial charge in [-0.1, -0.05) is 6.92 Å². The molecule has 0 aromatic carbocycles. The van der Waals surface area contributed by atoms with E-state index in [0.29, 0.717) is 17.8 Å². The third-order valence-corrected chi connectivity index (χ3v) is 3.71. The maximum Gasteiger partial charge on any atom is 0.223 e. The molecule has 1 aromatic heterocycles. The van der Waals surface area contributed by atoms with Gasteiger partial charge < -0.3 is 10.5 Å². The van der Waals surface area contributed by atoms with E-state index in [0.717, 1.165) is 31.9 Å². The van der Waals surface area contributed by atoms with Gasteiger partial charge in [0.1, 0.15) is 11.9 Å². The van der Waals surface area contributed by atoms with E-state index in [1.165, 1.54) is 12.8 Å². The molecule has 6 nitrogen and oxygen atoms in total. The standard InChI is InChI=1S/C12H19N5O/c1-2-10-14-11(16-12(13)15-10)9-6-17-5-3-4-8(17)7-18-9/h8-9H,2-7H2,1H3,(H2,13,14,15,16). The molecule has 18 heavy (non-hydrogen) atoms. The number of nitrogen functional groups attached to an aromatic ring is 1. The van der Waals surface area contributed by atoms with Crippen LogP contribution in [0.15, 0.2) is 0 Å². The van der Waals surface area contributed by atoms with Gasteiger partial charge in [-0.2, -0.15) is 9.97 Å². The van der Waals surface area contributed by atoms with Crippen LogP contribution in [0.25, 0.3) is 0 Å². The van der Waals surface area contributed by atoms with Gasteiger partial charge in [-0.3, -0.25) is 4.90 Å². The van der Waals surface area contributed by atoms with Crippen LogP contribution in [-0.4, -0.2) is 45.6 Å². The van der Waals surface area contributed by atoms with Crippen molar-refractivity contribution in [2.75, 3.05) is 25.4 Å². The molecule has 0 radical (unpaired) electrons. The maximum absolute atomic E-state index is 5.88. The largest absolute Gasteiger partial charge is 0.368 e. The summed E-state index contributed by atoms with van der Waals surface area (Å²) in [6, 6.07) is 0.589. The van der Waals surface area contributed by atoms with E-state index >= 15 is 0 Å². The second-order valence-electron chi connectivity index (χ2n) is 4.93. The Balaban J connectivity index is 1.80. The molecule has 2 atom stereocenters. The molecule has 0 saturated carbocycles. The first-order chi connectivity index (χ1) is 8.76. The van der Waals surface area contributed by atoms with Gasteiger partial charge in [-0.15, -0.1) is 0 Å². The number of anilines is 1. The third kappa shape index (κ3) is 2.18. The number of hydrogen-bond acceptors (Lipinski definition) is 6. The van der Waals surface area contributed by atoms with E-state index in [-0.39, 0.29) is 6.10 Å². The first kappa shape index (κ1) is 11.8. The molecular weight excluding hydrogens is 230 g/mol. The highest BCUT2D eigenvalue weighted by Crippen LogP contribution is 2.28. The fraction of sp³-hybridized carbons (Fsp3) is 0.750. The van der Waals surface area contributed by atoms with Crippen molar-refractivity contribution in [3.8, 4) is 0 Å². The average Bonchev–Trinajstić information content (AvgIpc) is 2.85.